The third-order valence-corrected chi connectivity index (χ3v) is 5.16. The maximum atomic E-state index is 12.5. The third-order valence-electron chi connectivity index (χ3n) is 3.63. The van der Waals surface area contributed by atoms with Gasteiger partial charge in [-0.05, 0) is 37.5 Å². The topological polar surface area (TPSA) is 138 Å². The molecule has 3 N–H and O–H groups in total. The molecule has 0 unspecified atom stereocenters. The molecule has 26 heavy (non-hydrogen) atoms. The van der Waals surface area contributed by atoms with Crippen LogP contribution in [-0.4, -0.2) is 35.5 Å². The Morgan fingerprint density at radius 1 is 1.23 bits per heavy atom. The summed E-state index contributed by atoms with van der Waals surface area (Å²) in [6.07, 6.45) is 2.26. The number of sulfonamides is 1. The molecule has 1 heterocycles. The highest BCUT2D eigenvalue weighted by Gasteiger charge is 2.26. The standard InChI is InChI=1S/C16H18N4O5S/c1-4-11-8-17-15(18-10(11)3)19-16(23)20-26(24,25)13-9(2)6-5-7-12(13)14(21)22/h5-8H,4H2,1-3H3,(H,21,22)(H2,17,18,19,20,23). The number of hydrogen-bond acceptors (Lipinski definition) is 6. The lowest BCUT2D eigenvalue weighted by Gasteiger charge is -2.12. The van der Waals surface area contributed by atoms with Crippen LogP contribution in [0.5, 0.6) is 0 Å². The first kappa shape index (κ1) is 19.3. The number of hydrogen-bond donors (Lipinski definition) is 3. The molecule has 0 spiro atoms. The third kappa shape index (κ3) is 4.14. The first-order valence-electron chi connectivity index (χ1n) is 7.65. The van der Waals surface area contributed by atoms with Crippen LogP contribution in [0, 0.1) is 13.8 Å². The maximum Gasteiger partial charge on any atom is 0.337 e. The van der Waals surface area contributed by atoms with Gasteiger partial charge in [0.2, 0.25) is 5.95 Å². The highest BCUT2D eigenvalue weighted by Crippen LogP contribution is 2.20. The minimum atomic E-state index is -4.41. The van der Waals surface area contributed by atoms with Crippen LogP contribution in [0.4, 0.5) is 10.7 Å². The van der Waals surface area contributed by atoms with E-state index in [-0.39, 0.29) is 11.5 Å². The van der Waals surface area contributed by atoms with Gasteiger partial charge >= 0.3 is 12.0 Å². The van der Waals surface area contributed by atoms with Crippen molar-refractivity contribution in [2.75, 3.05) is 5.32 Å². The number of carbonyl (C=O) groups is 2. The summed E-state index contributed by atoms with van der Waals surface area (Å²) in [6, 6.07) is 2.92. The van der Waals surface area contributed by atoms with Crippen LogP contribution in [0.15, 0.2) is 29.3 Å². The van der Waals surface area contributed by atoms with Gasteiger partial charge in [-0.1, -0.05) is 19.1 Å². The molecule has 0 fully saturated rings. The van der Waals surface area contributed by atoms with E-state index in [0.717, 1.165) is 18.1 Å². The van der Waals surface area contributed by atoms with E-state index in [4.69, 9.17) is 0 Å². The zero-order valence-electron chi connectivity index (χ0n) is 14.4. The van der Waals surface area contributed by atoms with Crippen LogP contribution >= 0.6 is 0 Å². The Morgan fingerprint density at radius 3 is 2.50 bits per heavy atom. The van der Waals surface area contributed by atoms with E-state index in [0.29, 0.717) is 5.69 Å². The lowest BCUT2D eigenvalue weighted by molar-refractivity contribution is 0.0692. The summed E-state index contributed by atoms with van der Waals surface area (Å²) in [5.41, 5.74) is 1.33. The predicted molar refractivity (Wildman–Crippen MR) is 93.6 cm³/mol. The number of amides is 2. The monoisotopic (exact) mass is 378 g/mol. The molecule has 2 rings (SSSR count). The molecular weight excluding hydrogens is 360 g/mol. The van der Waals surface area contributed by atoms with Gasteiger partial charge in [0.15, 0.2) is 0 Å². The number of rotatable bonds is 5. The Balaban J connectivity index is 2.26. The van der Waals surface area contributed by atoms with Crippen LogP contribution in [0.25, 0.3) is 0 Å². The van der Waals surface area contributed by atoms with Crippen molar-refractivity contribution >= 4 is 28.0 Å². The van der Waals surface area contributed by atoms with E-state index in [9.17, 15) is 23.1 Å². The number of carboxylic acid groups (broad SMARTS) is 1. The molecule has 10 heteroatoms. The SMILES string of the molecule is CCc1cnc(NC(=O)NS(=O)(=O)c2c(C)cccc2C(=O)O)nc1C. The lowest BCUT2D eigenvalue weighted by Crippen LogP contribution is -2.36. The molecule has 0 aliphatic carbocycles. The average molecular weight is 378 g/mol. The first-order chi connectivity index (χ1) is 12.2. The van der Waals surface area contributed by atoms with Crippen LogP contribution in [0.3, 0.4) is 0 Å². The summed E-state index contributed by atoms with van der Waals surface area (Å²) in [5.74, 6) is -1.47. The van der Waals surface area contributed by atoms with Crippen LogP contribution in [0.2, 0.25) is 0 Å². The summed E-state index contributed by atoms with van der Waals surface area (Å²) < 4.78 is 26.7. The number of urea groups is 1. The fourth-order valence-electron chi connectivity index (χ4n) is 2.38. The minimum absolute atomic E-state index is 0.0596. The largest absolute Gasteiger partial charge is 0.478 e. The van der Waals surface area contributed by atoms with E-state index < -0.39 is 32.5 Å². The summed E-state index contributed by atoms with van der Waals surface area (Å²) >= 11 is 0. The second kappa shape index (κ2) is 7.48. The summed E-state index contributed by atoms with van der Waals surface area (Å²) in [5, 5.41) is 11.4. The molecule has 0 saturated heterocycles. The zero-order chi connectivity index (χ0) is 19.5. The Morgan fingerprint density at radius 2 is 1.92 bits per heavy atom. The molecule has 0 aliphatic rings. The van der Waals surface area contributed by atoms with Gasteiger partial charge in [-0.25, -0.2) is 32.7 Å². The summed E-state index contributed by atoms with van der Waals surface area (Å²) in [6.45, 7) is 5.11. The molecule has 0 bridgehead atoms. The number of benzene rings is 1. The van der Waals surface area contributed by atoms with Crippen molar-refractivity contribution in [3.63, 3.8) is 0 Å². The predicted octanol–water partition coefficient (Wildman–Crippen LogP) is 1.86. The summed E-state index contributed by atoms with van der Waals surface area (Å²) in [4.78, 5) is 30.9. The van der Waals surface area contributed by atoms with Gasteiger partial charge in [-0.3, -0.25) is 5.32 Å². The first-order valence-corrected chi connectivity index (χ1v) is 9.13. The molecule has 1 aromatic heterocycles. The Kier molecular flexibility index (Phi) is 5.56. The van der Waals surface area contributed by atoms with Crippen molar-refractivity contribution in [1.29, 1.82) is 0 Å². The molecule has 0 saturated carbocycles. The quantitative estimate of drug-likeness (QED) is 0.722. The minimum Gasteiger partial charge on any atom is -0.478 e. The Hall–Kier alpha value is -3.01. The van der Waals surface area contributed by atoms with Crippen molar-refractivity contribution < 1.29 is 23.1 Å². The molecule has 9 nitrogen and oxygen atoms in total. The van der Waals surface area contributed by atoms with Crippen LogP contribution in [0.1, 0.15) is 34.1 Å². The molecule has 0 radical (unpaired) electrons. The molecule has 2 amide bonds. The van der Waals surface area contributed by atoms with E-state index in [1.54, 1.807) is 11.6 Å². The van der Waals surface area contributed by atoms with E-state index in [1.807, 2.05) is 6.92 Å². The van der Waals surface area contributed by atoms with Crippen molar-refractivity contribution in [2.45, 2.75) is 32.1 Å². The summed E-state index contributed by atoms with van der Waals surface area (Å²) in [7, 11) is -4.41. The van der Waals surface area contributed by atoms with Crippen LogP contribution in [-0.2, 0) is 16.4 Å². The van der Waals surface area contributed by atoms with E-state index in [2.05, 4.69) is 15.3 Å². The Bertz CT molecular complexity index is 973. The van der Waals surface area contributed by atoms with Gasteiger partial charge in [-0.15, -0.1) is 0 Å². The number of aromatic carboxylic acids is 1. The smallest absolute Gasteiger partial charge is 0.337 e. The van der Waals surface area contributed by atoms with Crippen molar-refractivity contribution in [2.24, 2.45) is 0 Å². The van der Waals surface area contributed by atoms with Gasteiger partial charge in [0.05, 0.1) is 5.56 Å². The molecular formula is C16H18N4O5S. The molecule has 138 valence electrons. The molecule has 0 aliphatic heterocycles. The lowest BCUT2D eigenvalue weighted by atomic mass is 10.1. The fourth-order valence-corrected chi connectivity index (χ4v) is 3.71. The van der Waals surface area contributed by atoms with Gasteiger partial charge < -0.3 is 5.11 Å². The number of carbonyl (C=O) groups excluding carboxylic acids is 1. The van der Waals surface area contributed by atoms with Gasteiger partial charge in [0.25, 0.3) is 10.0 Å². The second-order valence-electron chi connectivity index (χ2n) is 5.47. The van der Waals surface area contributed by atoms with Crippen molar-refractivity contribution in [3.8, 4) is 0 Å². The number of nitrogens with zero attached hydrogens (tertiary/aromatic N) is 2. The van der Waals surface area contributed by atoms with Gasteiger partial charge in [0.1, 0.15) is 4.90 Å². The fraction of sp³-hybridized carbons (Fsp3) is 0.250. The average Bonchev–Trinajstić information content (AvgIpc) is 2.53. The molecule has 1 aromatic carbocycles. The zero-order valence-corrected chi connectivity index (χ0v) is 15.2. The highest BCUT2D eigenvalue weighted by atomic mass is 32.2. The second-order valence-corrected chi connectivity index (χ2v) is 7.09. The van der Waals surface area contributed by atoms with Crippen molar-refractivity contribution in [1.82, 2.24) is 14.7 Å². The molecule has 2 aromatic rings. The van der Waals surface area contributed by atoms with E-state index in [1.165, 1.54) is 25.3 Å². The number of carboxylic acids is 1. The number of aromatic nitrogens is 2. The number of nitrogens with one attached hydrogen (secondary N) is 2. The van der Waals surface area contributed by atoms with E-state index >= 15 is 0 Å². The normalized spacial score (nSPS) is 11.0. The van der Waals surface area contributed by atoms with Gasteiger partial charge in [0, 0.05) is 11.9 Å². The number of aryl methyl sites for hydroxylation is 3. The number of anilines is 1. The molecule has 0 atom stereocenters. The highest BCUT2D eigenvalue weighted by molar-refractivity contribution is 7.90. The van der Waals surface area contributed by atoms with Gasteiger partial charge in [-0.2, -0.15) is 0 Å². The maximum absolute atomic E-state index is 12.5. The van der Waals surface area contributed by atoms with Crippen molar-refractivity contribution in [3.05, 3.63) is 46.8 Å². The Labute approximate surface area is 150 Å². The van der Waals surface area contributed by atoms with Crippen LogP contribution < -0.4 is 10.0 Å².